The van der Waals surface area contributed by atoms with E-state index in [0.717, 1.165) is 0 Å². The molecule has 1 aromatic carbocycles. The van der Waals surface area contributed by atoms with Crippen molar-refractivity contribution >= 4 is 5.91 Å². The Morgan fingerprint density at radius 1 is 1.11 bits per heavy atom. The fourth-order valence-electron chi connectivity index (χ4n) is 2.58. The van der Waals surface area contributed by atoms with E-state index in [1.165, 1.54) is 16.8 Å². The van der Waals surface area contributed by atoms with Crippen LogP contribution in [0.25, 0.3) is 22.6 Å². The second-order valence-corrected chi connectivity index (χ2v) is 6.06. The molecule has 3 aromatic rings. The van der Waals surface area contributed by atoms with Gasteiger partial charge in [-0.2, -0.15) is 10.4 Å². The number of benzene rings is 1. The molecule has 134 valence electrons. The molecule has 0 fully saturated rings. The first kappa shape index (κ1) is 17.9. The van der Waals surface area contributed by atoms with Gasteiger partial charge in [-0.05, 0) is 19.9 Å². The minimum Gasteiger partial charge on any atom is -0.364 e. The molecule has 0 unspecified atom stereocenters. The molecule has 0 saturated carbocycles. The summed E-state index contributed by atoms with van der Waals surface area (Å²) < 4.78 is 1.32. The summed E-state index contributed by atoms with van der Waals surface area (Å²) in [7, 11) is 0. The number of aromatic nitrogens is 4. The molecule has 3 rings (SSSR count). The lowest BCUT2D eigenvalue weighted by Gasteiger charge is -2.13. The lowest BCUT2D eigenvalue weighted by Crippen LogP contribution is -2.24. The van der Waals surface area contributed by atoms with E-state index in [-0.39, 0.29) is 28.7 Å². The zero-order chi connectivity index (χ0) is 19.6. The smallest absolute Gasteiger partial charge is 0.270 e. The van der Waals surface area contributed by atoms with Gasteiger partial charge in [-0.25, -0.2) is 14.6 Å². The van der Waals surface area contributed by atoms with Crippen LogP contribution in [-0.2, 0) is 0 Å². The van der Waals surface area contributed by atoms with Gasteiger partial charge in [0.25, 0.3) is 11.5 Å². The van der Waals surface area contributed by atoms with Crippen molar-refractivity contribution in [1.82, 2.24) is 19.7 Å². The third kappa shape index (κ3) is 3.43. The van der Waals surface area contributed by atoms with E-state index < -0.39 is 5.91 Å². The predicted molar refractivity (Wildman–Crippen MR) is 98.6 cm³/mol. The van der Waals surface area contributed by atoms with Crippen molar-refractivity contribution in [3.63, 3.8) is 0 Å². The summed E-state index contributed by atoms with van der Waals surface area (Å²) in [6.07, 6.45) is 0. The van der Waals surface area contributed by atoms with Crippen LogP contribution in [0.1, 0.15) is 36.1 Å². The number of nitriles is 1. The fraction of sp³-hybridized carbons (Fsp3) is 0.158. The maximum absolute atomic E-state index is 12.0. The van der Waals surface area contributed by atoms with E-state index in [1.54, 1.807) is 12.1 Å². The topological polar surface area (TPSA) is 128 Å². The summed E-state index contributed by atoms with van der Waals surface area (Å²) in [5.74, 6) is -0.845. The Balaban J connectivity index is 2.35. The van der Waals surface area contributed by atoms with Crippen LogP contribution in [-0.4, -0.2) is 25.7 Å². The number of primary amides is 1. The van der Waals surface area contributed by atoms with E-state index in [9.17, 15) is 14.9 Å². The van der Waals surface area contributed by atoms with Crippen LogP contribution in [0, 0.1) is 11.3 Å². The average molecular weight is 360 g/mol. The van der Waals surface area contributed by atoms with Crippen molar-refractivity contribution in [2.24, 2.45) is 5.73 Å². The maximum atomic E-state index is 12.0. The van der Waals surface area contributed by atoms with Crippen molar-refractivity contribution < 1.29 is 4.79 Å². The molecule has 0 bridgehead atoms. The summed E-state index contributed by atoms with van der Waals surface area (Å²) in [5.41, 5.74) is 6.38. The first-order valence-electron chi connectivity index (χ1n) is 8.20. The highest BCUT2D eigenvalue weighted by molar-refractivity contribution is 5.94. The Bertz CT molecular complexity index is 1110. The predicted octanol–water partition coefficient (Wildman–Crippen LogP) is 1.92. The fourth-order valence-corrected chi connectivity index (χ4v) is 2.58. The molecule has 8 heteroatoms. The minimum atomic E-state index is -0.845. The van der Waals surface area contributed by atoms with Gasteiger partial charge in [0.15, 0.2) is 11.4 Å². The minimum absolute atomic E-state index is 0.161. The first-order chi connectivity index (χ1) is 12.9. The largest absolute Gasteiger partial charge is 0.364 e. The number of nitrogens with zero attached hydrogens (tertiary/aromatic N) is 5. The zero-order valence-electron chi connectivity index (χ0n) is 14.7. The molecule has 0 atom stereocenters. The van der Waals surface area contributed by atoms with E-state index >= 15 is 0 Å². The number of rotatable bonds is 4. The van der Waals surface area contributed by atoms with Gasteiger partial charge in [-0.3, -0.25) is 9.59 Å². The number of nitrogens with two attached hydrogens (primary N) is 1. The van der Waals surface area contributed by atoms with Crippen LogP contribution in [0.4, 0.5) is 0 Å². The SMILES string of the molecule is CC(C)n1nc(-c2nc(C#N)c(C(N)=O)nc2-c2ccccc2)ccc1=O. The number of hydrogen-bond acceptors (Lipinski definition) is 6. The van der Waals surface area contributed by atoms with Gasteiger partial charge in [-0.15, -0.1) is 0 Å². The van der Waals surface area contributed by atoms with Crippen LogP contribution in [0.3, 0.4) is 0 Å². The second-order valence-electron chi connectivity index (χ2n) is 6.06. The maximum Gasteiger partial charge on any atom is 0.270 e. The van der Waals surface area contributed by atoms with E-state index in [1.807, 2.05) is 38.1 Å². The number of carbonyl (C=O) groups is 1. The number of hydrogen-bond donors (Lipinski definition) is 1. The second kappa shape index (κ2) is 7.17. The van der Waals surface area contributed by atoms with Crippen LogP contribution in [0.15, 0.2) is 47.3 Å². The Morgan fingerprint density at radius 2 is 1.81 bits per heavy atom. The molecule has 0 saturated heterocycles. The Hall–Kier alpha value is -3.86. The molecule has 2 aromatic heterocycles. The van der Waals surface area contributed by atoms with Crippen molar-refractivity contribution in [2.75, 3.05) is 0 Å². The molecule has 8 nitrogen and oxygen atoms in total. The van der Waals surface area contributed by atoms with Crippen molar-refractivity contribution in [3.8, 4) is 28.7 Å². The summed E-state index contributed by atoms with van der Waals surface area (Å²) in [6.45, 7) is 3.66. The molecule has 0 aliphatic carbocycles. The molecule has 2 N–H and O–H groups in total. The van der Waals surface area contributed by atoms with Gasteiger partial charge >= 0.3 is 0 Å². The lowest BCUT2D eigenvalue weighted by atomic mass is 10.1. The van der Waals surface area contributed by atoms with Gasteiger partial charge in [0, 0.05) is 11.6 Å². The van der Waals surface area contributed by atoms with Crippen LogP contribution in [0.5, 0.6) is 0 Å². The van der Waals surface area contributed by atoms with Crippen LogP contribution >= 0.6 is 0 Å². The molecule has 27 heavy (non-hydrogen) atoms. The lowest BCUT2D eigenvalue weighted by molar-refractivity contribution is 0.0995. The van der Waals surface area contributed by atoms with Gasteiger partial charge in [0.1, 0.15) is 17.5 Å². The van der Waals surface area contributed by atoms with Crippen molar-refractivity contribution in [2.45, 2.75) is 19.9 Å². The molecule has 1 amide bonds. The van der Waals surface area contributed by atoms with E-state index in [2.05, 4.69) is 15.1 Å². The highest BCUT2D eigenvalue weighted by Crippen LogP contribution is 2.28. The Labute approximate surface area is 154 Å². The molecule has 0 radical (unpaired) electrons. The van der Waals surface area contributed by atoms with E-state index in [4.69, 9.17) is 5.73 Å². The molecule has 0 aliphatic heterocycles. The Morgan fingerprint density at radius 3 is 2.41 bits per heavy atom. The van der Waals surface area contributed by atoms with Gasteiger partial charge in [0.05, 0.1) is 11.7 Å². The molecule has 2 heterocycles. The van der Waals surface area contributed by atoms with Gasteiger partial charge in [-0.1, -0.05) is 30.3 Å². The van der Waals surface area contributed by atoms with E-state index in [0.29, 0.717) is 17.0 Å². The number of carbonyl (C=O) groups excluding carboxylic acids is 1. The zero-order valence-corrected chi connectivity index (χ0v) is 14.7. The highest BCUT2D eigenvalue weighted by Gasteiger charge is 2.21. The van der Waals surface area contributed by atoms with Crippen molar-refractivity contribution in [3.05, 3.63) is 64.2 Å². The highest BCUT2D eigenvalue weighted by atomic mass is 16.1. The van der Waals surface area contributed by atoms with Crippen LogP contribution < -0.4 is 11.3 Å². The molecular formula is C19H16N6O2. The average Bonchev–Trinajstić information content (AvgIpc) is 2.67. The Kier molecular flexibility index (Phi) is 4.77. The van der Waals surface area contributed by atoms with Gasteiger partial charge in [0.2, 0.25) is 0 Å². The first-order valence-corrected chi connectivity index (χ1v) is 8.20. The van der Waals surface area contributed by atoms with Crippen LogP contribution in [0.2, 0.25) is 0 Å². The summed E-state index contributed by atoms with van der Waals surface area (Å²) in [4.78, 5) is 32.3. The monoisotopic (exact) mass is 360 g/mol. The van der Waals surface area contributed by atoms with Gasteiger partial charge < -0.3 is 5.73 Å². The molecule has 0 spiro atoms. The van der Waals surface area contributed by atoms with Crippen molar-refractivity contribution in [1.29, 1.82) is 5.26 Å². The summed E-state index contributed by atoms with van der Waals surface area (Å²) >= 11 is 0. The third-order valence-electron chi connectivity index (χ3n) is 3.84. The third-order valence-corrected chi connectivity index (χ3v) is 3.84. The summed E-state index contributed by atoms with van der Waals surface area (Å²) in [6, 6.07) is 13.6. The number of amides is 1. The normalized spacial score (nSPS) is 10.6. The quantitative estimate of drug-likeness (QED) is 0.757. The molecular weight excluding hydrogens is 344 g/mol. The molecule has 0 aliphatic rings. The standard InChI is InChI=1S/C19H16N6O2/c1-11(2)25-15(26)9-8-13(24-25)17-16(12-6-4-3-5-7-12)23-18(19(21)27)14(10-20)22-17/h3-9,11H,1-2H3,(H2,21,27). The summed E-state index contributed by atoms with van der Waals surface area (Å²) in [5, 5.41) is 13.7.